The number of aromatic nitrogens is 3. The molecule has 1 aromatic carbocycles. The zero-order valence-electron chi connectivity index (χ0n) is 16.1. The van der Waals surface area contributed by atoms with E-state index in [4.69, 9.17) is 4.74 Å². The van der Waals surface area contributed by atoms with Crippen molar-refractivity contribution in [1.29, 1.82) is 0 Å². The third-order valence-corrected chi connectivity index (χ3v) is 3.82. The Hall–Kier alpha value is -1.91. The van der Waals surface area contributed by atoms with E-state index >= 15 is 0 Å². The van der Waals surface area contributed by atoms with Gasteiger partial charge in [0.05, 0.1) is 13.1 Å². The van der Waals surface area contributed by atoms with E-state index in [0.717, 1.165) is 31.3 Å². The molecular weight excluding hydrogens is 462 g/mol. The first-order valence-electron chi connectivity index (χ1n) is 8.88. The molecule has 0 aliphatic carbocycles. The quantitative estimate of drug-likeness (QED) is 0.333. The van der Waals surface area contributed by atoms with Crippen molar-refractivity contribution in [2.24, 2.45) is 4.99 Å². The summed E-state index contributed by atoms with van der Waals surface area (Å²) in [5, 5.41) is 11.3. The van der Waals surface area contributed by atoms with Crippen LogP contribution < -0.4 is 10.1 Å². The molecule has 0 bridgehead atoms. The number of guanidine groups is 1. The third kappa shape index (κ3) is 7.69. The first kappa shape index (κ1) is 23.1. The SMILES string of the molecule is CCNC(=NCCn1cnnc1CC)N(C)CCOc1ccc(F)cc1.I. The van der Waals surface area contributed by atoms with E-state index in [0.29, 0.717) is 25.4 Å². The number of nitrogens with zero attached hydrogens (tertiary/aromatic N) is 5. The van der Waals surface area contributed by atoms with Crippen LogP contribution in [0.25, 0.3) is 0 Å². The van der Waals surface area contributed by atoms with Gasteiger partial charge in [-0.1, -0.05) is 6.92 Å². The standard InChI is InChI=1S/C18H27FN6O.HI/c1-4-17-23-22-14-25(17)11-10-21-18(20-5-2)24(3)12-13-26-16-8-6-15(19)7-9-16;/h6-9,14H,4-5,10-13H2,1-3H3,(H,20,21);1H. The lowest BCUT2D eigenvalue weighted by Crippen LogP contribution is -2.41. The number of ether oxygens (including phenoxy) is 1. The Labute approximate surface area is 177 Å². The number of likely N-dealkylation sites (N-methyl/N-ethyl adjacent to an activating group) is 1. The van der Waals surface area contributed by atoms with Crippen LogP contribution >= 0.6 is 24.0 Å². The topological polar surface area (TPSA) is 67.6 Å². The minimum atomic E-state index is -0.268. The minimum absolute atomic E-state index is 0. The second kappa shape index (κ2) is 12.5. The summed E-state index contributed by atoms with van der Waals surface area (Å²) in [5.41, 5.74) is 0. The number of rotatable bonds is 9. The first-order chi connectivity index (χ1) is 12.6. The van der Waals surface area contributed by atoms with Crippen molar-refractivity contribution in [3.63, 3.8) is 0 Å². The second-order valence-corrected chi connectivity index (χ2v) is 5.75. The van der Waals surface area contributed by atoms with Crippen LogP contribution in [0.1, 0.15) is 19.7 Å². The predicted molar refractivity (Wildman–Crippen MR) is 115 cm³/mol. The third-order valence-electron chi connectivity index (χ3n) is 3.82. The molecule has 150 valence electrons. The molecule has 1 N–H and O–H groups in total. The van der Waals surface area contributed by atoms with E-state index < -0.39 is 0 Å². The van der Waals surface area contributed by atoms with Crippen LogP contribution in [-0.2, 0) is 13.0 Å². The Morgan fingerprint density at radius 3 is 2.70 bits per heavy atom. The van der Waals surface area contributed by atoms with Gasteiger partial charge < -0.3 is 19.5 Å². The van der Waals surface area contributed by atoms with Gasteiger partial charge in [-0.15, -0.1) is 34.2 Å². The van der Waals surface area contributed by atoms with Gasteiger partial charge in [0.2, 0.25) is 0 Å². The molecule has 0 amide bonds. The second-order valence-electron chi connectivity index (χ2n) is 5.75. The molecule has 0 radical (unpaired) electrons. The molecule has 0 unspecified atom stereocenters. The van der Waals surface area contributed by atoms with E-state index in [1.165, 1.54) is 12.1 Å². The van der Waals surface area contributed by atoms with Crippen molar-refractivity contribution in [2.75, 3.05) is 33.3 Å². The molecule has 27 heavy (non-hydrogen) atoms. The predicted octanol–water partition coefficient (Wildman–Crippen LogP) is 2.57. The fourth-order valence-corrected chi connectivity index (χ4v) is 2.41. The summed E-state index contributed by atoms with van der Waals surface area (Å²) in [6.07, 6.45) is 2.59. The van der Waals surface area contributed by atoms with E-state index in [-0.39, 0.29) is 29.8 Å². The first-order valence-corrected chi connectivity index (χ1v) is 8.88. The van der Waals surface area contributed by atoms with Gasteiger partial charge >= 0.3 is 0 Å². The van der Waals surface area contributed by atoms with Crippen molar-refractivity contribution < 1.29 is 9.13 Å². The maximum atomic E-state index is 12.9. The van der Waals surface area contributed by atoms with Gasteiger partial charge in [0.15, 0.2) is 5.96 Å². The van der Waals surface area contributed by atoms with E-state index in [2.05, 4.69) is 27.4 Å². The van der Waals surface area contributed by atoms with Gasteiger partial charge in [-0.3, -0.25) is 4.99 Å². The highest BCUT2D eigenvalue weighted by atomic mass is 127. The van der Waals surface area contributed by atoms with Crippen LogP contribution in [0.2, 0.25) is 0 Å². The van der Waals surface area contributed by atoms with Crippen molar-refractivity contribution >= 4 is 29.9 Å². The summed E-state index contributed by atoms with van der Waals surface area (Å²) in [7, 11) is 1.96. The zero-order chi connectivity index (χ0) is 18.8. The maximum Gasteiger partial charge on any atom is 0.193 e. The lowest BCUT2D eigenvalue weighted by Gasteiger charge is -2.22. The summed E-state index contributed by atoms with van der Waals surface area (Å²) in [4.78, 5) is 6.66. The van der Waals surface area contributed by atoms with Crippen LogP contribution in [-0.4, -0.2) is 58.9 Å². The average molecular weight is 490 g/mol. The lowest BCUT2D eigenvalue weighted by atomic mass is 10.3. The largest absolute Gasteiger partial charge is 0.492 e. The van der Waals surface area contributed by atoms with Gasteiger partial charge in [0.1, 0.15) is 30.3 Å². The lowest BCUT2D eigenvalue weighted by molar-refractivity contribution is 0.281. The molecule has 7 nitrogen and oxygen atoms in total. The van der Waals surface area contributed by atoms with Crippen molar-refractivity contribution in [1.82, 2.24) is 25.0 Å². The molecule has 0 atom stereocenters. The summed E-state index contributed by atoms with van der Waals surface area (Å²) in [6, 6.07) is 6.03. The summed E-state index contributed by atoms with van der Waals surface area (Å²) in [5.74, 6) is 2.17. The van der Waals surface area contributed by atoms with Crippen LogP contribution in [0.4, 0.5) is 4.39 Å². The average Bonchev–Trinajstić information content (AvgIpc) is 3.10. The maximum absolute atomic E-state index is 12.9. The normalized spacial score (nSPS) is 11.0. The van der Waals surface area contributed by atoms with E-state index in [1.807, 2.05) is 23.4 Å². The Kier molecular flexibility index (Phi) is 10.7. The van der Waals surface area contributed by atoms with Gasteiger partial charge in [0, 0.05) is 26.6 Å². The fourth-order valence-electron chi connectivity index (χ4n) is 2.41. The van der Waals surface area contributed by atoms with Crippen molar-refractivity contribution in [3.05, 3.63) is 42.2 Å². The van der Waals surface area contributed by atoms with Crippen molar-refractivity contribution in [3.8, 4) is 5.75 Å². The molecule has 0 saturated heterocycles. The fraction of sp³-hybridized carbons (Fsp3) is 0.500. The monoisotopic (exact) mass is 490 g/mol. The molecule has 2 rings (SSSR count). The van der Waals surface area contributed by atoms with Crippen LogP contribution in [0.15, 0.2) is 35.6 Å². The molecular formula is C18H28FIN6O. The molecule has 2 aromatic rings. The van der Waals surface area contributed by atoms with Crippen LogP contribution in [0.5, 0.6) is 5.75 Å². The van der Waals surface area contributed by atoms with Gasteiger partial charge in [0.25, 0.3) is 0 Å². The summed E-state index contributed by atoms with van der Waals surface area (Å²) < 4.78 is 20.6. The highest BCUT2D eigenvalue weighted by Gasteiger charge is 2.06. The number of hydrogen-bond acceptors (Lipinski definition) is 4. The van der Waals surface area contributed by atoms with E-state index in [1.54, 1.807) is 18.5 Å². The smallest absolute Gasteiger partial charge is 0.193 e. The molecule has 1 heterocycles. The van der Waals surface area contributed by atoms with Crippen LogP contribution in [0.3, 0.4) is 0 Å². The molecule has 0 saturated carbocycles. The number of aliphatic imine (C=N–C) groups is 1. The molecule has 9 heteroatoms. The molecule has 0 aliphatic rings. The van der Waals surface area contributed by atoms with Crippen LogP contribution in [0, 0.1) is 5.82 Å². The Balaban J connectivity index is 0.00000364. The highest BCUT2D eigenvalue weighted by Crippen LogP contribution is 2.10. The van der Waals surface area contributed by atoms with Gasteiger partial charge in [-0.2, -0.15) is 0 Å². The van der Waals surface area contributed by atoms with Gasteiger partial charge in [-0.25, -0.2) is 4.39 Å². The molecule has 0 aliphatic heterocycles. The highest BCUT2D eigenvalue weighted by molar-refractivity contribution is 14.0. The number of halogens is 2. The number of hydrogen-bond donors (Lipinski definition) is 1. The Morgan fingerprint density at radius 2 is 2.04 bits per heavy atom. The molecule has 0 fully saturated rings. The van der Waals surface area contributed by atoms with E-state index in [9.17, 15) is 4.39 Å². The molecule has 1 aromatic heterocycles. The summed E-state index contributed by atoms with van der Waals surface area (Å²) >= 11 is 0. The Bertz CT molecular complexity index is 691. The van der Waals surface area contributed by atoms with Gasteiger partial charge in [-0.05, 0) is 31.2 Å². The number of nitrogens with one attached hydrogen (secondary N) is 1. The number of aryl methyl sites for hydroxylation is 1. The Morgan fingerprint density at radius 1 is 1.30 bits per heavy atom. The number of benzene rings is 1. The molecule has 0 spiro atoms. The minimum Gasteiger partial charge on any atom is -0.492 e. The summed E-state index contributed by atoms with van der Waals surface area (Å²) in [6.45, 7) is 7.40. The van der Waals surface area contributed by atoms with Crippen molar-refractivity contribution in [2.45, 2.75) is 26.8 Å². The zero-order valence-corrected chi connectivity index (χ0v) is 18.4.